The molecule has 0 radical (unpaired) electrons. The van der Waals surface area contributed by atoms with E-state index in [9.17, 15) is 19.2 Å². The number of likely N-dealkylation sites (tertiary alicyclic amines) is 1. The normalized spacial score (nSPS) is 14.2. The Labute approximate surface area is 121 Å². The summed E-state index contributed by atoms with van der Waals surface area (Å²) in [4.78, 5) is 46.6. The minimum absolute atomic E-state index is 0.157. The Balaban J connectivity index is 1.98. The van der Waals surface area contributed by atoms with Gasteiger partial charge in [-0.05, 0) is 18.2 Å². The highest BCUT2D eigenvalue weighted by Gasteiger charge is 2.30. The molecule has 1 aromatic rings. The second-order valence-electron chi connectivity index (χ2n) is 4.68. The predicted molar refractivity (Wildman–Crippen MR) is 75.3 cm³/mol. The summed E-state index contributed by atoms with van der Waals surface area (Å²) in [7, 11) is 0. The fourth-order valence-corrected chi connectivity index (χ4v) is 2.02. The first-order valence-corrected chi connectivity index (χ1v) is 6.46. The van der Waals surface area contributed by atoms with E-state index in [0.29, 0.717) is 11.4 Å². The van der Waals surface area contributed by atoms with Gasteiger partial charge in [0.2, 0.25) is 23.6 Å². The van der Waals surface area contributed by atoms with Crippen LogP contribution in [0.3, 0.4) is 0 Å². The fourth-order valence-electron chi connectivity index (χ4n) is 2.02. The molecule has 4 amide bonds. The monoisotopic (exact) mass is 289 g/mol. The molecule has 1 aliphatic rings. The summed E-state index contributed by atoms with van der Waals surface area (Å²) in [5, 5.41) is 5.18. The molecule has 0 bridgehead atoms. The van der Waals surface area contributed by atoms with Crippen molar-refractivity contribution in [3.05, 3.63) is 24.3 Å². The highest BCUT2D eigenvalue weighted by Crippen LogP contribution is 2.16. The lowest BCUT2D eigenvalue weighted by Crippen LogP contribution is -2.36. The molecule has 21 heavy (non-hydrogen) atoms. The van der Waals surface area contributed by atoms with Gasteiger partial charge < -0.3 is 10.6 Å². The number of nitrogens with one attached hydrogen (secondary N) is 2. The molecule has 1 fully saturated rings. The van der Waals surface area contributed by atoms with Gasteiger partial charge in [0.05, 0.1) is 0 Å². The van der Waals surface area contributed by atoms with Crippen molar-refractivity contribution in [1.29, 1.82) is 0 Å². The van der Waals surface area contributed by atoms with Gasteiger partial charge in [0.15, 0.2) is 0 Å². The van der Waals surface area contributed by atoms with E-state index in [4.69, 9.17) is 0 Å². The number of hydrogen-bond donors (Lipinski definition) is 2. The van der Waals surface area contributed by atoms with E-state index >= 15 is 0 Å². The number of carbonyl (C=O) groups excluding carboxylic acids is 4. The van der Waals surface area contributed by atoms with E-state index < -0.39 is 5.91 Å². The molecule has 0 aromatic heterocycles. The second kappa shape index (κ2) is 6.17. The van der Waals surface area contributed by atoms with Crippen LogP contribution in [0.2, 0.25) is 0 Å². The summed E-state index contributed by atoms with van der Waals surface area (Å²) in [6.45, 7) is 1.10. The lowest BCUT2D eigenvalue weighted by Gasteiger charge is -2.13. The molecule has 7 heteroatoms. The Kier molecular flexibility index (Phi) is 4.32. The molecular weight excluding hydrogens is 274 g/mol. The molecule has 0 unspecified atom stereocenters. The minimum atomic E-state index is -0.460. The third-order valence-corrected chi connectivity index (χ3v) is 2.92. The first-order chi connectivity index (χ1) is 9.95. The van der Waals surface area contributed by atoms with Gasteiger partial charge in [-0.3, -0.25) is 24.1 Å². The Bertz CT molecular complexity index is 596. The smallest absolute Gasteiger partial charge is 0.244 e. The Hall–Kier alpha value is -2.70. The predicted octanol–water partition coefficient (Wildman–Crippen LogP) is 0.732. The zero-order valence-electron chi connectivity index (χ0n) is 11.5. The number of carbonyl (C=O) groups is 4. The number of amides is 4. The molecule has 0 atom stereocenters. The number of benzene rings is 1. The van der Waals surface area contributed by atoms with Gasteiger partial charge in [0.25, 0.3) is 0 Å². The van der Waals surface area contributed by atoms with Crippen LogP contribution in [0.15, 0.2) is 24.3 Å². The maximum absolute atomic E-state index is 11.8. The average molecular weight is 289 g/mol. The average Bonchev–Trinajstić information content (AvgIpc) is 2.70. The lowest BCUT2D eigenvalue weighted by molar-refractivity contribution is -0.141. The number of nitrogens with zero attached hydrogens (tertiary/aromatic N) is 1. The third kappa shape index (κ3) is 3.88. The van der Waals surface area contributed by atoms with E-state index in [1.54, 1.807) is 24.3 Å². The molecule has 0 aliphatic carbocycles. The summed E-state index contributed by atoms with van der Waals surface area (Å²) < 4.78 is 0. The van der Waals surface area contributed by atoms with Crippen LogP contribution in [0.1, 0.15) is 19.8 Å². The van der Waals surface area contributed by atoms with Crippen molar-refractivity contribution in [2.75, 3.05) is 17.2 Å². The molecule has 1 saturated heterocycles. The molecule has 2 rings (SSSR count). The highest BCUT2D eigenvalue weighted by molar-refractivity contribution is 6.06. The van der Waals surface area contributed by atoms with E-state index in [2.05, 4.69) is 10.6 Å². The molecule has 1 heterocycles. The van der Waals surface area contributed by atoms with Crippen molar-refractivity contribution in [2.45, 2.75) is 19.8 Å². The third-order valence-electron chi connectivity index (χ3n) is 2.92. The van der Waals surface area contributed by atoms with Crippen LogP contribution in [0.5, 0.6) is 0 Å². The number of anilines is 2. The van der Waals surface area contributed by atoms with Crippen molar-refractivity contribution in [3.63, 3.8) is 0 Å². The van der Waals surface area contributed by atoms with Gasteiger partial charge in [0.1, 0.15) is 6.54 Å². The Morgan fingerprint density at radius 3 is 2.24 bits per heavy atom. The van der Waals surface area contributed by atoms with Gasteiger partial charge in [-0.1, -0.05) is 6.07 Å². The summed E-state index contributed by atoms with van der Waals surface area (Å²) >= 11 is 0. The van der Waals surface area contributed by atoms with Gasteiger partial charge >= 0.3 is 0 Å². The maximum atomic E-state index is 11.8. The number of hydrogen-bond acceptors (Lipinski definition) is 4. The first-order valence-electron chi connectivity index (χ1n) is 6.46. The van der Waals surface area contributed by atoms with E-state index in [-0.39, 0.29) is 37.1 Å². The van der Waals surface area contributed by atoms with Crippen molar-refractivity contribution in [3.8, 4) is 0 Å². The van der Waals surface area contributed by atoms with Crippen molar-refractivity contribution in [1.82, 2.24) is 4.90 Å². The van der Waals surface area contributed by atoms with Gasteiger partial charge in [-0.15, -0.1) is 0 Å². The molecule has 0 spiro atoms. The van der Waals surface area contributed by atoms with Gasteiger partial charge in [0, 0.05) is 31.1 Å². The van der Waals surface area contributed by atoms with Crippen LogP contribution >= 0.6 is 0 Å². The summed E-state index contributed by atoms with van der Waals surface area (Å²) in [5.41, 5.74) is 1.03. The van der Waals surface area contributed by atoms with Crippen molar-refractivity contribution in [2.24, 2.45) is 0 Å². The van der Waals surface area contributed by atoms with E-state index in [0.717, 1.165) is 4.90 Å². The molecule has 7 nitrogen and oxygen atoms in total. The fraction of sp³-hybridized carbons (Fsp3) is 0.286. The van der Waals surface area contributed by atoms with Crippen molar-refractivity contribution >= 4 is 35.0 Å². The molecule has 0 saturated carbocycles. The van der Waals surface area contributed by atoms with Crippen LogP contribution in [0, 0.1) is 0 Å². The lowest BCUT2D eigenvalue weighted by atomic mass is 10.2. The SMILES string of the molecule is CC(=O)Nc1cccc(NC(=O)CN2C(=O)CCC2=O)c1. The van der Waals surface area contributed by atoms with Crippen LogP contribution in [0.4, 0.5) is 11.4 Å². The summed E-state index contributed by atoms with van der Waals surface area (Å²) in [6.07, 6.45) is 0.314. The maximum Gasteiger partial charge on any atom is 0.244 e. The second-order valence-corrected chi connectivity index (χ2v) is 4.68. The zero-order chi connectivity index (χ0) is 15.4. The molecule has 2 N–H and O–H groups in total. The zero-order valence-corrected chi connectivity index (χ0v) is 11.5. The Morgan fingerprint density at radius 1 is 1.10 bits per heavy atom. The van der Waals surface area contributed by atoms with E-state index in [1.165, 1.54) is 6.92 Å². The standard InChI is InChI=1S/C14H15N3O4/c1-9(18)15-10-3-2-4-11(7-10)16-12(19)8-17-13(20)5-6-14(17)21/h2-4,7H,5-6,8H2,1H3,(H,15,18)(H,16,19). The first kappa shape index (κ1) is 14.7. The van der Waals surface area contributed by atoms with Gasteiger partial charge in [-0.2, -0.15) is 0 Å². The van der Waals surface area contributed by atoms with Crippen molar-refractivity contribution < 1.29 is 19.2 Å². The van der Waals surface area contributed by atoms with Gasteiger partial charge in [-0.25, -0.2) is 0 Å². The summed E-state index contributed by atoms with van der Waals surface area (Å²) in [6, 6.07) is 6.60. The topological polar surface area (TPSA) is 95.6 Å². The summed E-state index contributed by atoms with van der Waals surface area (Å²) in [5.74, 6) is -1.34. The molecule has 110 valence electrons. The highest BCUT2D eigenvalue weighted by atomic mass is 16.2. The number of rotatable bonds is 4. The van der Waals surface area contributed by atoms with Crippen LogP contribution < -0.4 is 10.6 Å². The Morgan fingerprint density at radius 2 is 1.67 bits per heavy atom. The largest absolute Gasteiger partial charge is 0.326 e. The van der Waals surface area contributed by atoms with E-state index in [1.807, 2.05) is 0 Å². The minimum Gasteiger partial charge on any atom is -0.326 e. The molecule has 1 aliphatic heterocycles. The number of imide groups is 1. The molecule has 1 aromatic carbocycles. The van der Waals surface area contributed by atoms with Crippen LogP contribution in [0.25, 0.3) is 0 Å². The van der Waals surface area contributed by atoms with Crippen LogP contribution in [-0.4, -0.2) is 35.1 Å². The quantitative estimate of drug-likeness (QED) is 0.799. The molecular formula is C14H15N3O4. The van der Waals surface area contributed by atoms with Crippen LogP contribution in [-0.2, 0) is 19.2 Å².